The summed E-state index contributed by atoms with van der Waals surface area (Å²) < 4.78 is 0. The van der Waals surface area contributed by atoms with Gasteiger partial charge in [0, 0.05) is 17.1 Å². The minimum atomic E-state index is 0.632. The molecule has 2 aliphatic rings. The summed E-state index contributed by atoms with van der Waals surface area (Å²) in [7, 11) is 2.06. The lowest BCUT2D eigenvalue weighted by Crippen LogP contribution is -2.30. The summed E-state index contributed by atoms with van der Waals surface area (Å²) in [4.78, 5) is 8.43. The van der Waals surface area contributed by atoms with Gasteiger partial charge in [0.05, 0.1) is 11.6 Å². The van der Waals surface area contributed by atoms with E-state index in [-0.39, 0.29) is 0 Å². The first-order valence-electron chi connectivity index (χ1n) is 6.19. The molecule has 1 saturated heterocycles. The minimum absolute atomic E-state index is 0.632. The molecule has 2 fully saturated rings. The lowest BCUT2D eigenvalue weighted by molar-refractivity contribution is 0.220. The molecule has 1 N–H and O–H groups in total. The average Bonchev–Trinajstić information content (AvgIpc) is 2.84. The highest BCUT2D eigenvalue weighted by Gasteiger charge is 2.42. The van der Waals surface area contributed by atoms with E-state index >= 15 is 0 Å². The molecule has 0 spiro atoms. The summed E-state index contributed by atoms with van der Waals surface area (Å²) >= 11 is 1.82. The molecule has 2 unspecified atom stereocenters. The number of hydrogen-bond acceptors (Lipinski definition) is 4. The van der Waals surface area contributed by atoms with Crippen molar-refractivity contribution in [3.8, 4) is 0 Å². The maximum Gasteiger partial charge on any atom is 0.0794 e. The van der Waals surface area contributed by atoms with Gasteiger partial charge in [-0.05, 0) is 45.3 Å². The van der Waals surface area contributed by atoms with Crippen LogP contribution in [0, 0.1) is 5.92 Å². The largest absolute Gasteiger partial charge is 0.319 e. The van der Waals surface area contributed by atoms with Crippen LogP contribution in [0.2, 0.25) is 0 Å². The molecule has 4 heteroatoms. The van der Waals surface area contributed by atoms with Gasteiger partial charge in [0.25, 0.3) is 0 Å². The van der Waals surface area contributed by atoms with Gasteiger partial charge in [-0.25, -0.2) is 0 Å². The summed E-state index contributed by atoms with van der Waals surface area (Å²) in [5.74, 6) is 0.769. The second kappa shape index (κ2) is 4.43. The summed E-state index contributed by atoms with van der Waals surface area (Å²) in [5, 5.41) is 3.34. The molecule has 1 saturated carbocycles. The Hall–Kier alpha value is -0.450. The highest BCUT2D eigenvalue weighted by Crippen LogP contribution is 2.44. The van der Waals surface area contributed by atoms with Crippen LogP contribution in [-0.4, -0.2) is 36.1 Å². The molecule has 0 aromatic carbocycles. The van der Waals surface area contributed by atoms with Crippen LogP contribution in [0.5, 0.6) is 0 Å². The van der Waals surface area contributed by atoms with Crippen LogP contribution in [0.15, 0.2) is 11.7 Å². The first-order chi connectivity index (χ1) is 7.90. The first kappa shape index (κ1) is 10.7. The Bertz CT molecular complexity index is 334. The van der Waals surface area contributed by atoms with E-state index in [1.54, 1.807) is 0 Å². The van der Waals surface area contributed by atoms with Gasteiger partial charge in [-0.1, -0.05) is 0 Å². The van der Waals surface area contributed by atoms with Gasteiger partial charge in [0.2, 0.25) is 0 Å². The molecule has 0 amide bonds. The zero-order valence-corrected chi connectivity index (χ0v) is 10.5. The monoisotopic (exact) mass is 237 g/mol. The van der Waals surface area contributed by atoms with Crippen LogP contribution < -0.4 is 5.32 Å². The van der Waals surface area contributed by atoms with E-state index < -0.39 is 0 Å². The first-order valence-corrected chi connectivity index (χ1v) is 7.07. The van der Waals surface area contributed by atoms with Crippen molar-refractivity contribution in [2.45, 2.75) is 31.3 Å². The fraction of sp³-hybridized carbons (Fsp3) is 0.750. The van der Waals surface area contributed by atoms with E-state index in [0.717, 1.165) is 18.5 Å². The molecule has 88 valence electrons. The topological polar surface area (TPSA) is 28.2 Å². The number of thiazole rings is 1. The van der Waals surface area contributed by atoms with Crippen molar-refractivity contribution >= 4 is 11.3 Å². The zero-order chi connectivity index (χ0) is 11.0. The maximum atomic E-state index is 4.25. The van der Waals surface area contributed by atoms with Crippen LogP contribution in [0.4, 0.5) is 0 Å². The van der Waals surface area contributed by atoms with E-state index in [9.17, 15) is 0 Å². The standard InChI is InChI=1S/C12H19N3S/c1-13-6-9-4-5-15(10-2-3-10)12(9)11-7-14-8-16-11/h7-10,12-13H,2-6H2,1H3. The fourth-order valence-corrected chi connectivity index (χ4v) is 3.77. The Labute approximate surface area is 101 Å². The summed E-state index contributed by atoms with van der Waals surface area (Å²) in [5.41, 5.74) is 1.97. The summed E-state index contributed by atoms with van der Waals surface area (Å²) in [6.45, 7) is 2.41. The third kappa shape index (κ3) is 1.90. The normalized spacial score (nSPS) is 31.1. The van der Waals surface area contributed by atoms with Crippen LogP contribution in [-0.2, 0) is 0 Å². The number of aromatic nitrogens is 1. The van der Waals surface area contributed by atoms with Crippen molar-refractivity contribution < 1.29 is 0 Å². The van der Waals surface area contributed by atoms with Gasteiger partial charge in [-0.3, -0.25) is 9.88 Å². The number of nitrogens with one attached hydrogen (secondary N) is 1. The lowest BCUT2D eigenvalue weighted by atomic mass is 9.99. The van der Waals surface area contributed by atoms with Crippen molar-refractivity contribution in [3.05, 3.63) is 16.6 Å². The predicted octanol–water partition coefficient (Wildman–Crippen LogP) is 1.89. The van der Waals surface area contributed by atoms with Crippen molar-refractivity contribution in [1.29, 1.82) is 0 Å². The third-order valence-corrected chi connectivity index (χ3v) is 4.63. The molecule has 1 aliphatic heterocycles. The van der Waals surface area contributed by atoms with E-state index in [4.69, 9.17) is 0 Å². The summed E-state index contributed by atoms with van der Waals surface area (Å²) in [6.07, 6.45) is 6.21. The highest BCUT2D eigenvalue weighted by molar-refractivity contribution is 7.09. The highest BCUT2D eigenvalue weighted by atomic mass is 32.1. The van der Waals surface area contributed by atoms with Gasteiger partial charge in [-0.15, -0.1) is 11.3 Å². The Kier molecular flexibility index (Phi) is 2.96. The van der Waals surface area contributed by atoms with Crippen LogP contribution in [0.3, 0.4) is 0 Å². The molecule has 1 aromatic rings. The van der Waals surface area contributed by atoms with Crippen LogP contribution in [0.25, 0.3) is 0 Å². The van der Waals surface area contributed by atoms with Crippen LogP contribution >= 0.6 is 11.3 Å². The Morgan fingerprint density at radius 1 is 1.50 bits per heavy atom. The average molecular weight is 237 g/mol. The molecular formula is C12H19N3S. The molecule has 16 heavy (non-hydrogen) atoms. The maximum absolute atomic E-state index is 4.25. The van der Waals surface area contributed by atoms with Crippen molar-refractivity contribution in [2.75, 3.05) is 20.1 Å². The van der Waals surface area contributed by atoms with E-state index in [1.807, 2.05) is 16.8 Å². The molecule has 1 aromatic heterocycles. The van der Waals surface area contributed by atoms with Crippen LogP contribution in [0.1, 0.15) is 30.2 Å². The summed E-state index contributed by atoms with van der Waals surface area (Å²) in [6, 6.07) is 1.50. The quantitative estimate of drug-likeness (QED) is 0.867. The Morgan fingerprint density at radius 2 is 2.38 bits per heavy atom. The van der Waals surface area contributed by atoms with Crippen molar-refractivity contribution in [2.24, 2.45) is 5.92 Å². The second-order valence-electron chi connectivity index (χ2n) is 4.92. The van der Waals surface area contributed by atoms with E-state index in [2.05, 4.69) is 28.4 Å². The van der Waals surface area contributed by atoms with E-state index in [1.165, 1.54) is 30.7 Å². The molecule has 1 aliphatic carbocycles. The second-order valence-corrected chi connectivity index (χ2v) is 5.84. The lowest BCUT2D eigenvalue weighted by Gasteiger charge is -2.27. The molecule has 0 radical (unpaired) electrons. The molecule has 2 atom stereocenters. The number of likely N-dealkylation sites (tertiary alicyclic amines) is 1. The molecular weight excluding hydrogens is 218 g/mol. The SMILES string of the molecule is CNCC1CCN(C2CC2)C1c1cncs1. The number of nitrogens with zero attached hydrogens (tertiary/aromatic N) is 2. The van der Waals surface area contributed by atoms with Gasteiger partial charge >= 0.3 is 0 Å². The molecule has 0 bridgehead atoms. The van der Waals surface area contributed by atoms with E-state index in [0.29, 0.717) is 6.04 Å². The third-order valence-electron chi connectivity index (χ3n) is 3.79. The minimum Gasteiger partial charge on any atom is -0.319 e. The molecule has 2 heterocycles. The van der Waals surface area contributed by atoms with Crippen molar-refractivity contribution in [3.63, 3.8) is 0 Å². The predicted molar refractivity (Wildman–Crippen MR) is 66.6 cm³/mol. The van der Waals surface area contributed by atoms with Crippen molar-refractivity contribution in [1.82, 2.24) is 15.2 Å². The zero-order valence-electron chi connectivity index (χ0n) is 9.72. The van der Waals surface area contributed by atoms with Gasteiger partial charge < -0.3 is 5.32 Å². The van der Waals surface area contributed by atoms with Gasteiger partial charge in [0.15, 0.2) is 0 Å². The smallest absolute Gasteiger partial charge is 0.0794 e. The fourth-order valence-electron chi connectivity index (χ4n) is 2.94. The van der Waals surface area contributed by atoms with Gasteiger partial charge in [-0.2, -0.15) is 0 Å². The number of hydrogen-bond donors (Lipinski definition) is 1. The number of rotatable bonds is 4. The van der Waals surface area contributed by atoms with Gasteiger partial charge in [0.1, 0.15) is 0 Å². The molecule has 3 nitrogen and oxygen atoms in total. The molecule has 3 rings (SSSR count). The Morgan fingerprint density at radius 3 is 3.00 bits per heavy atom. The Balaban J connectivity index is 1.81.